The summed E-state index contributed by atoms with van der Waals surface area (Å²) >= 11 is 3.64. The molecule has 1 nitrogen and oxygen atoms in total. The summed E-state index contributed by atoms with van der Waals surface area (Å²) in [7, 11) is 0. The van der Waals surface area contributed by atoms with Gasteiger partial charge in [-0.25, -0.2) is 0 Å². The maximum Gasteiger partial charge on any atom is 0.0249 e. The molecule has 0 atom stereocenters. The molecule has 1 aliphatic rings. The Morgan fingerprint density at radius 1 is 1.38 bits per heavy atom. The standard InChI is InChI=1S/C11H14BrN/c1-9-4-2-5-10(11(9)12)8-13-6-3-7-13/h2,4-5H,3,6-8H2,1H3. The molecule has 0 saturated carbocycles. The van der Waals surface area contributed by atoms with Crippen LogP contribution in [-0.4, -0.2) is 18.0 Å². The molecule has 70 valence electrons. The van der Waals surface area contributed by atoms with Crippen molar-refractivity contribution in [2.75, 3.05) is 13.1 Å². The maximum absolute atomic E-state index is 3.64. The molecular formula is C11H14BrN. The molecule has 2 rings (SSSR count). The Bertz CT molecular complexity index is 305. The third kappa shape index (κ3) is 1.94. The van der Waals surface area contributed by atoms with E-state index in [-0.39, 0.29) is 0 Å². The first-order valence-corrected chi connectivity index (χ1v) is 5.53. The molecule has 1 heterocycles. The lowest BCUT2D eigenvalue weighted by Gasteiger charge is -2.31. The third-order valence-corrected chi connectivity index (χ3v) is 3.75. The van der Waals surface area contributed by atoms with Crippen LogP contribution in [-0.2, 0) is 6.54 Å². The zero-order valence-corrected chi connectivity index (χ0v) is 9.47. The fourth-order valence-electron chi connectivity index (χ4n) is 1.61. The van der Waals surface area contributed by atoms with E-state index >= 15 is 0 Å². The quantitative estimate of drug-likeness (QED) is 0.768. The average Bonchev–Trinajstić information content (AvgIpc) is 2.04. The van der Waals surface area contributed by atoms with Gasteiger partial charge in [0, 0.05) is 11.0 Å². The van der Waals surface area contributed by atoms with Gasteiger partial charge in [-0.1, -0.05) is 34.1 Å². The number of nitrogens with zero attached hydrogens (tertiary/aromatic N) is 1. The monoisotopic (exact) mass is 239 g/mol. The predicted molar refractivity (Wildman–Crippen MR) is 58.8 cm³/mol. The summed E-state index contributed by atoms with van der Waals surface area (Å²) in [5.74, 6) is 0. The Morgan fingerprint density at radius 3 is 2.77 bits per heavy atom. The van der Waals surface area contributed by atoms with E-state index in [1.807, 2.05) is 0 Å². The van der Waals surface area contributed by atoms with Crippen LogP contribution in [0, 0.1) is 6.92 Å². The van der Waals surface area contributed by atoms with E-state index in [1.54, 1.807) is 0 Å². The van der Waals surface area contributed by atoms with Gasteiger partial charge in [0.05, 0.1) is 0 Å². The molecule has 2 heteroatoms. The number of rotatable bonds is 2. The normalized spacial score (nSPS) is 17.1. The SMILES string of the molecule is Cc1cccc(CN2CCC2)c1Br. The number of benzene rings is 1. The first-order valence-electron chi connectivity index (χ1n) is 4.74. The summed E-state index contributed by atoms with van der Waals surface area (Å²) in [5, 5.41) is 0. The topological polar surface area (TPSA) is 3.24 Å². The Hall–Kier alpha value is -0.340. The molecule has 1 fully saturated rings. The zero-order chi connectivity index (χ0) is 9.26. The molecule has 0 amide bonds. The average molecular weight is 240 g/mol. The second-order valence-corrected chi connectivity index (χ2v) is 4.47. The van der Waals surface area contributed by atoms with Crippen molar-refractivity contribution in [3.8, 4) is 0 Å². The van der Waals surface area contributed by atoms with Crippen molar-refractivity contribution in [2.24, 2.45) is 0 Å². The minimum absolute atomic E-state index is 1.10. The van der Waals surface area contributed by atoms with E-state index in [2.05, 4.69) is 46.0 Å². The van der Waals surface area contributed by atoms with Crippen LogP contribution < -0.4 is 0 Å². The van der Waals surface area contributed by atoms with Crippen molar-refractivity contribution in [3.05, 3.63) is 33.8 Å². The first kappa shape index (κ1) is 9.22. The van der Waals surface area contributed by atoms with Crippen LogP contribution in [0.5, 0.6) is 0 Å². The van der Waals surface area contributed by atoms with Gasteiger partial charge in [-0.3, -0.25) is 4.90 Å². The minimum Gasteiger partial charge on any atom is -0.299 e. The Kier molecular flexibility index (Phi) is 2.70. The molecule has 0 spiro atoms. The molecule has 1 saturated heterocycles. The molecule has 1 aliphatic heterocycles. The summed E-state index contributed by atoms with van der Waals surface area (Å²) in [5.41, 5.74) is 2.75. The third-order valence-electron chi connectivity index (χ3n) is 2.61. The Morgan fingerprint density at radius 2 is 2.15 bits per heavy atom. The zero-order valence-electron chi connectivity index (χ0n) is 7.89. The molecule has 13 heavy (non-hydrogen) atoms. The summed E-state index contributed by atoms with van der Waals surface area (Å²) in [6.45, 7) is 5.77. The first-order chi connectivity index (χ1) is 6.27. The Labute approximate surface area is 87.9 Å². The number of hydrogen-bond acceptors (Lipinski definition) is 1. The van der Waals surface area contributed by atoms with Gasteiger partial charge >= 0.3 is 0 Å². The molecule has 0 aromatic heterocycles. The van der Waals surface area contributed by atoms with E-state index in [4.69, 9.17) is 0 Å². The predicted octanol–water partition coefficient (Wildman–Crippen LogP) is 2.96. The van der Waals surface area contributed by atoms with Crippen LogP contribution >= 0.6 is 15.9 Å². The number of halogens is 1. The van der Waals surface area contributed by atoms with Crippen molar-refractivity contribution in [1.82, 2.24) is 4.90 Å². The Balaban J connectivity index is 2.14. The second-order valence-electron chi connectivity index (χ2n) is 3.68. The van der Waals surface area contributed by atoms with E-state index in [9.17, 15) is 0 Å². The number of likely N-dealkylation sites (tertiary alicyclic amines) is 1. The van der Waals surface area contributed by atoms with Crippen molar-refractivity contribution < 1.29 is 0 Å². The number of hydrogen-bond donors (Lipinski definition) is 0. The molecule has 0 aliphatic carbocycles. The van der Waals surface area contributed by atoms with Crippen LogP contribution in [0.4, 0.5) is 0 Å². The van der Waals surface area contributed by atoms with Gasteiger partial charge < -0.3 is 0 Å². The van der Waals surface area contributed by atoms with Gasteiger partial charge in [0.1, 0.15) is 0 Å². The van der Waals surface area contributed by atoms with Gasteiger partial charge in [0.25, 0.3) is 0 Å². The molecule has 0 N–H and O–H groups in total. The van der Waals surface area contributed by atoms with Gasteiger partial charge in [0.15, 0.2) is 0 Å². The van der Waals surface area contributed by atoms with E-state index in [0.717, 1.165) is 6.54 Å². The summed E-state index contributed by atoms with van der Waals surface area (Å²) < 4.78 is 1.28. The summed E-state index contributed by atoms with van der Waals surface area (Å²) in [6.07, 6.45) is 1.36. The maximum atomic E-state index is 3.64. The lowest BCUT2D eigenvalue weighted by molar-refractivity contribution is 0.172. The van der Waals surface area contributed by atoms with Gasteiger partial charge in [0.2, 0.25) is 0 Å². The highest BCUT2D eigenvalue weighted by Gasteiger charge is 2.15. The van der Waals surface area contributed by atoms with Crippen LogP contribution in [0.2, 0.25) is 0 Å². The second kappa shape index (κ2) is 3.81. The van der Waals surface area contributed by atoms with Crippen molar-refractivity contribution in [1.29, 1.82) is 0 Å². The lowest BCUT2D eigenvalue weighted by atomic mass is 10.1. The van der Waals surface area contributed by atoms with Gasteiger partial charge in [-0.2, -0.15) is 0 Å². The van der Waals surface area contributed by atoms with E-state index < -0.39 is 0 Å². The fourth-order valence-corrected chi connectivity index (χ4v) is 2.00. The number of aryl methyl sites for hydroxylation is 1. The van der Waals surface area contributed by atoms with Crippen molar-refractivity contribution in [2.45, 2.75) is 19.9 Å². The summed E-state index contributed by atoms with van der Waals surface area (Å²) in [4.78, 5) is 2.47. The molecular weight excluding hydrogens is 226 g/mol. The van der Waals surface area contributed by atoms with Crippen LogP contribution in [0.3, 0.4) is 0 Å². The van der Waals surface area contributed by atoms with Crippen molar-refractivity contribution >= 4 is 15.9 Å². The van der Waals surface area contributed by atoms with Crippen LogP contribution in [0.25, 0.3) is 0 Å². The van der Waals surface area contributed by atoms with Crippen LogP contribution in [0.1, 0.15) is 17.5 Å². The molecule has 1 aromatic rings. The molecule has 0 bridgehead atoms. The molecule has 1 aromatic carbocycles. The van der Waals surface area contributed by atoms with Gasteiger partial charge in [-0.05, 0) is 37.6 Å². The highest BCUT2D eigenvalue weighted by Crippen LogP contribution is 2.23. The van der Waals surface area contributed by atoms with Crippen LogP contribution in [0.15, 0.2) is 22.7 Å². The van der Waals surface area contributed by atoms with Gasteiger partial charge in [-0.15, -0.1) is 0 Å². The lowest BCUT2D eigenvalue weighted by Crippen LogP contribution is -2.36. The van der Waals surface area contributed by atoms with Crippen molar-refractivity contribution in [3.63, 3.8) is 0 Å². The van der Waals surface area contributed by atoms with E-state index in [0.29, 0.717) is 0 Å². The summed E-state index contributed by atoms with van der Waals surface area (Å²) in [6, 6.07) is 6.48. The highest BCUT2D eigenvalue weighted by molar-refractivity contribution is 9.10. The smallest absolute Gasteiger partial charge is 0.0249 e. The largest absolute Gasteiger partial charge is 0.299 e. The van der Waals surface area contributed by atoms with E-state index in [1.165, 1.54) is 35.1 Å². The fraction of sp³-hybridized carbons (Fsp3) is 0.455. The molecule has 0 radical (unpaired) electrons. The molecule has 0 unspecified atom stereocenters. The minimum atomic E-state index is 1.10. The highest BCUT2D eigenvalue weighted by atomic mass is 79.9.